The van der Waals surface area contributed by atoms with Crippen molar-refractivity contribution in [3.05, 3.63) is 59.7 Å². The lowest BCUT2D eigenvalue weighted by atomic mass is 9.77. The number of ether oxygens (including phenoxy) is 2. The maximum Gasteiger partial charge on any atom is 0.337 e. The van der Waals surface area contributed by atoms with E-state index >= 15 is 0 Å². The number of para-hydroxylation sites is 1. The van der Waals surface area contributed by atoms with E-state index < -0.39 is 17.5 Å². The average molecular weight is 464 g/mol. The molecule has 0 radical (unpaired) electrons. The minimum absolute atomic E-state index is 0.0225. The van der Waals surface area contributed by atoms with Gasteiger partial charge in [0.05, 0.1) is 18.4 Å². The van der Waals surface area contributed by atoms with Gasteiger partial charge in [0.2, 0.25) is 5.91 Å². The first-order chi connectivity index (χ1) is 16.1. The molecule has 0 aliphatic carbocycles. The molecule has 6 nitrogen and oxygen atoms in total. The Kier molecular flexibility index (Phi) is 8.91. The molecule has 2 unspecified atom stereocenters. The SMILES string of the molecule is C#CC(C)(CC)CC(C)(CC)Oc1cc(/C=C/C(=O)Nc2ccccc2C(=O)O)ccc1OC. The number of carbonyl (C=O) groups excluding carboxylic acids is 1. The third-order valence-corrected chi connectivity index (χ3v) is 6.03. The molecule has 0 aromatic heterocycles. The van der Waals surface area contributed by atoms with E-state index in [0.717, 1.165) is 18.4 Å². The number of rotatable bonds is 11. The van der Waals surface area contributed by atoms with Crippen LogP contribution in [0.5, 0.6) is 11.5 Å². The summed E-state index contributed by atoms with van der Waals surface area (Å²) in [4.78, 5) is 23.7. The first-order valence-corrected chi connectivity index (χ1v) is 11.2. The fourth-order valence-corrected chi connectivity index (χ4v) is 3.60. The van der Waals surface area contributed by atoms with Gasteiger partial charge in [-0.15, -0.1) is 12.3 Å². The van der Waals surface area contributed by atoms with Crippen molar-refractivity contribution < 1.29 is 24.2 Å². The molecule has 0 spiro atoms. The molecular formula is C28H33NO5. The summed E-state index contributed by atoms with van der Waals surface area (Å²) in [6, 6.07) is 11.6. The molecule has 0 saturated heterocycles. The molecule has 2 aromatic rings. The van der Waals surface area contributed by atoms with Crippen LogP contribution in [0.25, 0.3) is 6.08 Å². The van der Waals surface area contributed by atoms with Crippen LogP contribution < -0.4 is 14.8 Å². The smallest absolute Gasteiger partial charge is 0.337 e. The van der Waals surface area contributed by atoms with Crippen molar-refractivity contribution in [2.45, 2.75) is 52.6 Å². The van der Waals surface area contributed by atoms with Gasteiger partial charge in [0.15, 0.2) is 11.5 Å². The molecule has 0 bridgehead atoms. The van der Waals surface area contributed by atoms with E-state index in [1.807, 2.05) is 13.0 Å². The molecule has 0 fully saturated rings. The Balaban J connectivity index is 2.24. The molecule has 0 aliphatic rings. The Bertz CT molecular complexity index is 1100. The quantitative estimate of drug-likeness (QED) is 0.314. The van der Waals surface area contributed by atoms with E-state index in [1.165, 1.54) is 12.1 Å². The number of anilines is 1. The fraction of sp³-hybridized carbons (Fsp3) is 0.357. The lowest BCUT2D eigenvalue weighted by Crippen LogP contribution is -2.37. The van der Waals surface area contributed by atoms with Gasteiger partial charge in [0.1, 0.15) is 5.60 Å². The highest BCUT2D eigenvalue weighted by Crippen LogP contribution is 2.39. The molecular weight excluding hydrogens is 430 g/mol. The molecule has 2 N–H and O–H groups in total. The third kappa shape index (κ3) is 6.89. The molecule has 0 saturated carbocycles. The van der Waals surface area contributed by atoms with Crippen molar-refractivity contribution in [2.75, 3.05) is 12.4 Å². The van der Waals surface area contributed by atoms with E-state index in [-0.39, 0.29) is 16.7 Å². The van der Waals surface area contributed by atoms with Crippen molar-refractivity contribution in [1.82, 2.24) is 0 Å². The Hall–Kier alpha value is -3.72. The van der Waals surface area contributed by atoms with Gasteiger partial charge in [-0.05, 0) is 62.6 Å². The highest BCUT2D eigenvalue weighted by atomic mass is 16.5. The maximum atomic E-state index is 12.4. The van der Waals surface area contributed by atoms with Gasteiger partial charge in [-0.1, -0.05) is 32.0 Å². The number of aromatic carboxylic acids is 1. The topological polar surface area (TPSA) is 84.9 Å². The van der Waals surface area contributed by atoms with E-state index in [4.69, 9.17) is 15.9 Å². The number of nitrogens with one attached hydrogen (secondary N) is 1. The van der Waals surface area contributed by atoms with E-state index in [2.05, 4.69) is 32.0 Å². The zero-order valence-corrected chi connectivity index (χ0v) is 20.5. The number of hydrogen-bond donors (Lipinski definition) is 2. The molecule has 2 rings (SSSR count). The number of benzene rings is 2. The summed E-state index contributed by atoms with van der Waals surface area (Å²) in [5, 5.41) is 11.9. The predicted octanol–water partition coefficient (Wildman–Crippen LogP) is 6.03. The van der Waals surface area contributed by atoms with Gasteiger partial charge in [0.25, 0.3) is 0 Å². The lowest BCUT2D eigenvalue weighted by molar-refractivity contribution is -0.111. The predicted molar refractivity (Wildman–Crippen MR) is 135 cm³/mol. The Morgan fingerprint density at radius 3 is 2.41 bits per heavy atom. The number of carbonyl (C=O) groups is 2. The summed E-state index contributed by atoms with van der Waals surface area (Å²) >= 11 is 0. The molecule has 1 amide bonds. The number of carboxylic acids is 1. The highest BCUT2D eigenvalue weighted by Gasteiger charge is 2.34. The zero-order chi connectivity index (χ0) is 25.4. The summed E-state index contributed by atoms with van der Waals surface area (Å²) in [7, 11) is 1.58. The second-order valence-electron chi connectivity index (χ2n) is 8.72. The lowest BCUT2D eigenvalue weighted by Gasteiger charge is -2.36. The van der Waals surface area contributed by atoms with E-state index in [9.17, 15) is 14.7 Å². The molecule has 0 heterocycles. The van der Waals surface area contributed by atoms with Crippen LogP contribution in [-0.4, -0.2) is 29.7 Å². The van der Waals surface area contributed by atoms with Gasteiger partial charge >= 0.3 is 5.97 Å². The van der Waals surface area contributed by atoms with Crippen molar-refractivity contribution in [3.63, 3.8) is 0 Å². The van der Waals surface area contributed by atoms with Crippen LogP contribution in [-0.2, 0) is 4.79 Å². The molecule has 0 aliphatic heterocycles. The summed E-state index contributed by atoms with van der Waals surface area (Å²) in [5.74, 6) is 2.48. The highest BCUT2D eigenvalue weighted by molar-refractivity contribution is 6.06. The second-order valence-corrected chi connectivity index (χ2v) is 8.72. The van der Waals surface area contributed by atoms with Crippen LogP contribution >= 0.6 is 0 Å². The first-order valence-electron chi connectivity index (χ1n) is 11.2. The van der Waals surface area contributed by atoms with Crippen molar-refractivity contribution in [1.29, 1.82) is 0 Å². The Morgan fingerprint density at radius 1 is 1.12 bits per heavy atom. The van der Waals surface area contributed by atoms with Gasteiger partial charge in [-0.25, -0.2) is 4.79 Å². The minimum atomic E-state index is -1.11. The Labute approximate surface area is 202 Å². The van der Waals surface area contributed by atoms with Gasteiger partial charge in [-0.3, -0.25) is 4.79 Å². The van der Waals surface area contributed by atoms with Crippen molar-refractivity contribution >= 4 is 23.6 Å². The van der Waals surface area contributed by atoms with Crippen LogP contribution in [0.15, 0.2) is 48.5 Å². The number of terminal acetylenes is 1. The summed E-state index contributed by atoms with van der Waals surface area (Å²) < 4.78 is 11.9. The second kappa shape index (κ2) is 11.4. The monoisotopic (exact) mass is 463 g/mol. The molecule has 180 valence electrons. The standard InChI is InChI=1S/C28H33NO5/c1-7-27(4,8-2)19-28(5,9-3)34-24-18-20(14-16-23(24)33-6)15-17-25(30)29-22-13-11-10-12-21(22)26(31)32/h1,10-18H,8-9,19H2,2-6H3,(H,29,30)(H,31,32)/b17-15+. The molecule has 34 heavy (non-hydrogen) atoms. The minimum Gasteiger partial charge on any atom is -0.493 e. The van der Waals surface area contributed by atoms with Crippen LogP contribution in [0.1, 0.15) is 62.9 Å². The summed E-state index contributed by atoms with van der Waals surface area (Å²) in [5.41, 5.74) is 0.180. The fourth-order valence-electron chi connectivity index (χ4n) is 3.60. The summed E-state index contributed by atoms with van der Waals surface area (Å²) in [6.45, 7) is 8.22. The summed E-state index contributed by atoms with van der Waals surface area (Å²) in [6.07, 6.45) is 11.0. The number of hydrogen-bond acceptors (Lipinski definition) is 4. The van der Waals surface area contributed by atoms with Crippen molar-refractivity contribution in [2.24, 2.45) is 5.41 Å². The third-order valence-electron chi connectivity index (χ3n) is 6.03. The Morgan fingerprint density at radius 2 is 1.82 bits per heavy atom. The maximum absolute atomic E-state index is 12.4. The number of methoxy groups -OCH3 is 1. The normalized spacial score (nSPS) is 14.5. The zero-order valence-electron chi connectivity index (χ0n) is 20.5. The van der Waals surface area contributed by atoms with Crippen LogP contribution in [0.2, 0.25) is 0 Å². The van der Waals surface area contributed by atoms with Crippen molar-refractivity contribution in [3.8, 4) is 23.8 Å². The largest absolute Gasteiger partial charge is 0.493 e. The van der Waals surface area contributed by atoms with E-state index in [1.54, 1.807) is 43.5 Å². The average Bonchev–Trinajstić information content (AvgIpc) is 2.83. The van der Waals surface area contributed by atoms with Gasteiger partial charge in [0, 0.05) is 17.9 Å². The first kappa shape index (κ1) is 26.5. The molecule has 6 heteroatoms. The van der Waals surface area contributed by atoms with Gasteiger partial charge in [-0.2, -0.15) is 0 Å². The molecule has 2 atom stereocenters. The van der Waals surface area contributed by atoms with Crippen LogP contribution in [0.3, 0.4) is 0 Å². The van der Waals surface area contributed by atoms with Gasteiger partial charge < -0.3 is 19.9 Å². The number of carboxylic acid groups (broad SMARTS) is 1. The van der Waals surface area contributed by atoms with Crippen LogP contribution in [0, 0.1) is 17.8 Å². The van der Waals surface area contributed by atoms with E-state index in [0.29, 0.717) is 17.9 Å². The molecule has 2 aromatic carbocycles. The van der Waals surface area contributed by atoms with Crippen LogP contribution in [0.4, 0.5) is 5.69 Å². The number of amides is 1.